The highest BCUT2D eigenvalue weighted by Crippen LogP contribution is 2.25. The highest BCUT2D eigenvalue weighted by Gasteiger charge is 2.14. The summed E-state index contributed by atoms with van der Waals surface area (Å²) < 4.78 is 7.59. The highest BCUT2D eigenvalue weighted by atomic mass is 16.3. The summed E-state index contributed by atoms with van der Waals surface area (Å²) in [6.07, 6.45) is 2.60. The van der Waals surface area contributed by atoms with E-state index in [1.165, 1.54) is 5.56 Å². The minimum atomic E-state index is -0.164. The average molecular weight is 255 g/mol. The Morgan fingerprint density at radius 1 is 1.32 bits per heavy atom. The van der Waals surface area contributed by atoms with Crippen LogP contribution in [0.15, 0.2) is 40.9 Å². The minimum Gasteiger partial charge on any atom is -0.459 e. The van der Waals surface area contributed by atoms with Gasteiger partial charge in [-0.3, -0.25) is 4.68 Å². The number of furan rings is 1. The predicted molar refractivity (Wildman–Crippen MR) is 74.8 cm³/mol. The number of rotatable bonds is 3. The van der Waals surface area contributed by atoms with E-state index in [9.17, 15) is 0 Å². The molecule has 2 heterocycles. The number of hydrogen-bond acceptors (Lipinski definition) is 3. The molecule has 1 unspecified atom stereocenters. The van der Waals surface area contributed by atoms with E-state index in [4.69, 9.17) is 10.2 Å². The van der Waals surface area contributed by atoms with E-state index in [-0.39, 0.29) is 6.04 Å². The van der Waals surface area contributed by atoms with Gasteiger partial charge < -0.3 is 10.2 Å². The SMILES string of the molecule is Cc1ccc2oc(C(N)Cc3ccn(C)n3)cc2c1. The maximum absolute atomic E-state index is 6.20. The molecule has 4 nitrogen and oxygen atoms in total. The molecule has 0 saturated carbocycles. The summed E-state index contributed by atoms with van der Waals surface area (Å²) in [6.45, 7) is 2.07. The molecule has 0 aliphatic rings. The molecule has 2 aromatic heterocycles. The fraction of sp³-hybridized carbons (Fsp3) is 0.267. The van der Waals surface area contributed by atoms with E-state index in [1.807, 2.05) is 37.5 Å². The van der Waals surface area contributed by atoms with Crippen molar-refractivity contribution in [2.24, 2.45) is 12.8 Å². The average Bonchev–Trinajstić information content (AvgIpc) is 2.95. The van der Waals surface area contributed by atoms with Crippen LogP contribution >= 0.6 is 0 Å². The van der Waals surface area contributed by atoms with E-state index < -0.39 is 0 Å². The molecule has 0 radical (unpaired) electrons. The maximum Gasteiger partial charge on any atom is 0.134 e. The first-order valence-electron chi connectivity index (χ1n) is 6.36. The second-order valence-corrected chi connectivity index (χ2v) is 4.98. The molecule has 98 valence electrons. The first kappa shape index (κ1) is 12.0. The quantitative estimate of drug-likeness (QED) is 0.783. The summed E-state index contributed by atoms with van der Waals surface area (Å²) >= 11 is 0. The van der Waals surface area contributed by atoms with E-state index in [0.717, 1.165) is 22.4 Å². The van der Waals surface area contributed by atoms with Crippen LogP contribution in [0.5, 0.6) is 0 Å². The molecule has 0 amide bonds. The number of aromatic nitrogens is 2. The van der Waals surface area contributed by atoms with E-state index in [2.05, 4.69) is 18.1 Å². The smallest absolute Gasteiger partial charge is 0.134 e. The summed E-state index contributed by atoms with van der Waals surface area (Å²) in [5.74, 6) is 0.811. The summed E-state index contributed by atoms with van der Waals surface area (Å²) in [4.78, 5) is 0. The van der Waals surface area contributed by atoms with Gasteiger partial charge in [0.2, 0.25) is 0 Å². The van der Waals surface area contributed by atoms with E-state index in [1.54, 1.807) is 4.68 Å². The number of fused-ring (bicyclic) bond motifs is 1. The van der Waals surface area contributed by atoms with Crippen molar-refractivity contribution in [3.05, 3.63) is 53.5 Å². The molecule has 19 heavy (non-hydrogen) atoms. The molecule has 4 heteroatoms. The lowest BCUT2D eigenvalue weighted by Crippen LogP contribution is -2.12. The van der Waals surface area contributed by atoms with Gasteiger partial charge in [0.05, 0.1) is 11.7 Å². The number of hydrogen-bond donors (Lipinski definition) is 1. The van der Waals surface area contributed by atoms with Crippen LogP contribution in [-0.2, 0) is 13.5 Å². The van der Waals surface area contributed by atoms with Gasteiger partial charge in [-0.1, -0.05) is 11.6 Å². The number of nitrogens with two attached hydrogens (primary N) is 1. The number of benzene rings is 1. The van der Waals surface area contributed by atoms with Crippen molar-refractivity contribution in [3.63, 3.8) is 0 Å². The van der Waals surface area contributed by atoms with Gasteiger partial charge in [0.1, 0.15) is 11.3 Å². The van der Waals surface area contributed by atoms with Gasteiger partial charge >= 0.3 is 0 Å². The van der Waals surface area contributed by atoms with Crippen molar-refractivity contribution >= 4 is 11.0 Å². The number of aryl methyl sites for hydroxylation is 2. The van der Waals surface area contributed by atoms with Crippen molar-refractivity contribution in [1.29, 1.82) is 0 Å². The third-order valence-corrected chi connectivity index (χ3v) is 3.25. The predicted octanol–water partition coefficient (Wildman–Crippen LogP) is 2.72. The number of nitrogens with zero attached hydrogens (tertiary/aromatic N) is 2. The van der Waals surface area contributed by atoms with Crippen molar-refractivity contribution in [2.75, 3.05) is 0 Å². The van der Waals surface area contributed by atoms with Crippen LogP contribution in [0.4, 0.5) is 0 Å². The molecular formula is C15H17N3O. The minimum absolute atomic E-state index is 0.164. The molecule has 0 spiro atoms. The summed E-state index contributed by atoms with van der Waals surface area (Å²) in [6, 6.07) is 9.97. The van der Waals surface area contributed by atoms with Crippen molar-refractivity contribution in [3.8, 4) is 0 Å². The zero-order valence-corrected chi connectivity index (χ0v) is 11.1. The fourth-order valence-electron chi connectivity index (χ4n) is 2.26. The Bertz CT molecular complexity index is 711. The second-order valence-electron chi connectivity index (χ2n) is 4.98. The Labute approximate surface area is 111 Å². The van der Waals surface area contributed by atoms with Gasteiger partial charge in [0.25, 0.3) is 0 Å². The molecule has 3 rings (SSSR count). The maximum atomic E-state index is 6.20. The Kier molecular flexibility index (Phi) is 2.87. The molecular weight excluding hydrogens is 238 g/mol. The Morgan fingerprint density at radius 2 is 2.16 bits per heavy atom. The van der Waals surface area contributed by atoms with Crippen LogP contribution in [0.2, 0.25) is 0 Å². The molecule has 0 saturated heterocycles. The normalized spacial score (nSPS) is 13.0. The van der Waals surface area contributed by atoms with Crippen LogP contribution in [0.25, 0.3) is 11.0 Å². The topological polar surface area (TPSA) is 57.0 Å². The van der Waals surface area contributed by atoms with Gasteiger partial charge in [-0.25, -0.2) is 0 Å². The lowest BCUT2D eigenvalue weighted by molar-refractivity contribution is 0.490. The van der Waals surface area contributed by atoms with Crippen LogP contribution in [-0.4, -0.2) is 9.78 Å². The molecule has 2 N–H and O–H groups in total. The molecule has 1 aromatic carbocycles. The zero-order valence-electron chi connectivity index (χ0n) is 11.1. The van der Waals surface area contributed by atoms with Crippen molar-refractivity contribution in [1.82, 2.24) is 9.78 Å². The zero-order chi connectivity index (χ0) is 13.4. The standard InChI is InChI=1S/C15H17N3O/c1-10-3-4-14-11(7-10)8-15(19-14)13(16)9-12-5-6-18(2)17-12/h3-8,13H,9,16H2,1-2H3. The highest BCUT2D eigenvalue weighted by molar-refractivity contribution is 5.78. The molecule has 3 aromatic rings. The monoisotopic (exact) mass is 255 g/mol. The van der Waals surface area contributed by atoms with Crippen molar-refractivity contribution < 1.29 is 4.42 Å². The van der Waals surface area contributed by atoms with E-state index >= 15 is 0 Å². The summed E-state index contributed by atoms with van der Waals surface area (Å²) in [5.41, 5.74) is 9.28. The lowest BCUT2D eigenvalue weighted by Gasteiger charge is -2.05. The Morgan fingerprint density at radius 3 is 2.89 bits per heavy atom. The first-order chi connectivity index (χ1) is 9.11. The third-order valence-electron chi connectivity index (χ3n) is 3.25. The Hall–Kier alpha value is -2.07. The first-order valence-corrected chi connectivity index (χ1v) is 6.36. The molecule has 1 atom stereocenters. The van der Waals surface area contributed by atoms with Gasteiger partial charge in [-0.05, 0) is 31.2 Å². The summed E-state index contributed by atoms with van der Waals surface area (Å²) in [7, 11) is 1.90. The molecule has 0 aliphatic heterocycles. The van der Waals surface area contributed by atoms with Gasteiger partial charge in [0, 0.05) is 25.1 Å². The van der Waals surface area contributed by atoms with Crippen LogP contribution in [0, 0.1) is 6.92 Å². The van der Waals surface area contributed by atoms with Crippen LogP contribution in [0.1, 0.15) is 23.1 Å². The summed E-state index contributed by atoms with van der Waals surface area (Å²) in [5, 5.41) is 5.44. The second kappa shape index (κ2) is 4.55. The largest absolute Gasteiger partial charge is 0.459 e. The fourth-order valence-corrected chi connectivity index (χ4v) is 2.26. The van der Waals surface area contributed by atoms with E-state index in [0.29, 0.717) is 6.42 Å². The Balaban J connectivity index is 1.86. The van der Waals surface area contributed by atoms with Crippen LogP contribution < -0.4 is 5.73 Å². The van der Waals surface area contributed by atoms with Gasteiger partial charge in [-0.2, -0.15) is 5.10 Å². The van der Waals surface area contributed by atoms with Gasteiger partial charge in [0.15, 0.2) is 0 Å². The molecule has 0 fully saturated rings. The third kappa shape index (κ3) is 2.39. The molecule has 0 aliphatic carbocycles. The van der Waals surface area contributed by atoms with Crippen LogP contribution in [0.3, 0.4) is 0 Å². The molecule has 0 bridgehead atoms. The van der Waals surface area contributed by atoms with Crippen molar-refractivity contribution in [2.45, 2.75) is 19.4 Å². The lowest BCUT2D eigenvalue weighted by atomic mass is 10.1. The van der Waals surface area contributed by atoms with Gasteiger partial charge in [-0.15, -0.1) is 0 Å².